The molecule has 0 aromatic heterocycles. The molecule has 0 amide bonds. The second kappa shape index (κ2) is 4.72. The third-order valence-electron chi connectivity index (χ3n) is 3.22. The Balaban J connectivity index is 2.11. The molecule has 0 spiro atoms. The van der Waals surface area contributed by atoms with E-state index >= 15 is 0 Å². The average Bonchev–Trinajstić information content (AvgIpc) is 2.29. The van der Waals surface area contributed by atoms with Crippen molar-refractivity contribution in [1.29, 1.82) is 0 Å². The molecule has 1 atom stereocenters. The molecule has 1 saturated heterocycles. The van der Waals surface area contributed by atoms with Gasteiger partial charge in [-0.05, 0) is 25.2 Å². The van der Waals surface area contributed by atoms with Gasteiger partial charge in [0.05, 0.1) is 12.6 Å². The van der Waals surface area contributed by atoms with Crippen LogP contribution in [0, 0.1) is 0 Å². The van der Waals surface area contributed by atoms with Crippen molar-refractivity contribution in [3.05, 3.63) is 24.3 Å². The molecule has 16 heavy (non-hydrogen) atoms. The van der Waals surface area contributed by atoms with Crippen LogP contribution in [0.4, 0.5) is 11.4 Å². The van der Waals surface area contributed by atoms with Crippen molar-refractivity contribution in [3.8, 4) is 0 Å². The van der Waals surface area contributed by atoms with Gasteiger partial charge in [-0.25, -0.2) is 0 Å². The Labute approximate surface area is 96.3 Å². The molecule has 0 bridgehead atoms. The number of piperazine rings is 1. The summed E-state index contributed by atoms with van der Waals surface area (Å²) < 4.78 is 0. The fourth-order valence-electron chi connectivity index (χ4n) is 2.10. The predicted octanol–water partition coefficient (Wildman–Crippen LogP) is 0.382. The van der Waals surface area contributed by atoms with E-state index in [1.54, 1.807) is 0 Å². The first-order chi connectivity index (χ1) is 7.70. The number of likely N-dealkylation sites (N-methyl/N-ethyl adjacent to an activating group) is 1. The normalized spacial score (nSPS) is 22.4. The zero-order valence-corrected chi connectivity index (χ0v) is 9.63. The summed E-state index contributed by atoms with van der Waals surface area (Å²) in [6, 6.07) is 8.13. The molecule has 1 fully saturated rings. The number of nitrogens with zero attached hydrogens (tertiary/aromatic N) is 2. The van der Waals surface area contributed by atoms with Gasteiger partial charge in [-0.3, -0.25) is 4.90 Å². The molecular weight excluding hydrogens is 202 g/mol. The van der Waals surface area contributed by atoms with Crippen LogP contribution < -0.4 is 10.6 Å². The molecule has 1 aliphatic heterocycles. The van der Waals surface area contributed by atoms with E-state index in [0.717, 1.165) is 31.0 Å². The summed E-state index contributed by atoms with van der Waals surface area (Å²) in [4.78, 5) is 4.47. The summed E-state index contributed by atoms with van der Waals surface area (Å²) in [5, 5.41) is 9.29. The van der Waals surface area contributed by atoms with E-state index in [2.05, 4.69) is 22.9 Å². The zero-order valence-electron chi connectivity index (χ0n) is 9.63. The largest absolute Gasteiger partial charge is 0.399 e. The molecule has 1 aromatic rings. The molecule has 3 N–H and O–H groups in total. The zero-order chi connectivity index (χ0) is 11.5. The minimum absolute atomic E-state index is 0.204. The number of aliphatic hydroxyl groups is 1. The van der Waals surface area contributed by atoms with Crippen molar-refractivity contribution in [2.24, 2.45) is 0 Å². The fraction of sp³-hybridized carbons (Fsp3) is 0.500. The van der Waals surface area contributed by atoms with Gasteiger partial charge in [0.1, 0.15) is 0 Å². The molecule has 88 valence electrons. The number of anilines is 2. The molecule has 4 heteroatoms. The lowest BCUT2D eigenvalue weighted by atomic mass is 10.1. The van der Waals surface area contributed by atoms with Crippen LogP contribution in [0.15, 0.2) is 24.3 Å². The Kier molecular flexibility index (Phi) is 3.31. The van der Waals surface area contributed by atoms with E-state index in [1.807, 2.05) is 18.2 Å². The Morgan fingerprint density at radius 2 is 2.25 bits per heavy atom. The first kappa shape index (κ1) is 11.2. The summed E-state index contributed by atoms with van der Waals surface area (Å²) >= 11 is 0. The van der Waals surface area contributed by atoms with E-state index in [1.165, 1.54) is 0 Å². The molecule has 1 heterocycles. The molecule has 0 radical (unpaired) electrons. The molecule has 2 rings (SSSR count). The Morgan fingerprint density at radius 1 is 1.44 bits per heavy atom. The van der Waals surface area contributed by atoms with Gasteiger partial charge in [-0.15, -0.1) is 0 Å². The maximum atomic E-state index is 9.29. The smallest absolute Gasteiger partial charge is 0.0604 e. The second-order valence-electron chi connectivity index (χ2n) is 4.36. The van der Waals surface area contributed by atoms with Gasteiger partial charge in [-0.1, -0.05) is 6.07 Å². The number of hydrogen-bond donors (Lipinski definition) is 2. The minimum Gasteiger partial charge on any atom is -0.399 e. The van der Waals surface area contributed by atoms with Gasteiger partial charge in [0.25, 0.3) is 0 Å². The van der Waals surface area contributed by atoms with Crippen LogP contribution in [0.1, 0.15) is 0 Å². The highest BCUT2D eigenvalue weighted by atomic mass is 16.3. The Morgan fingerprint density at radius 3 is 2.94 bits per heavy atom. The van der Waals surface area contributed by atoms with E-state index in [4.69, 9.17) is 5.73 Å². The van der Waals surface area contributed by atoms with Gasteiger partial charge >= 0.3 is 0 Å². The lowest BCUT2D eigenvalue weighted by molar-refractivity contribution is 0.135. The maximum absolute atomic E-state index is 9.29. The first-order valence-electron chi connectivity index (χ1n) is 5.62. The summed E-state index contributed by atoms with van der Waals surface area (Å²) in [5.74, 6) is 0. The molecule has 0 aliphatic carbocycles. The van der Waals surface area contributed by atoms with Crippen molar-refractivity contribution in [2.45, 2.75) is 6.04 Å². The lowest BCUT2D eigenvalue weighted by Gasteiger charge is -2.39. The van der Waals surface area contributed by atoms with E-state index in [9.17, 15) is 5.11 Å². The van der Waals surface area contributed by atoms with E-state index in [-0.39, 0.29) is 12.6 Å². The highest BCUT2D eigenvalue weighted by Crippen LogP contribution is 2.20. The van der Waals surface area contributed by atoms with Crippen molar-refractivity contribution < 1.29 is 5.11 Å². The summed E-state index contributed by atoms with van der Waals surface area (Å²) in [5.41, 5.74) is 7.71. The first-order valence-corrected chi connectivity index (χ1v) is 5.62. The van der Waals surface area contributed by atoms with Crippen molar-refractivity contribution in [2.75, 3.05) is 43.9 Å². The summed E-state index contributed by atoms with van der Waals surface area (Å²) in [6.45, 7) is 3.02. The summed E-state index contributed by atoms with van der Waals surface area (Å²) in [6.07, 6.45) is 0. The van der Waals surface area contributed by atoms with Crippen molar-refractivity contribution in [3.63, 3.8) is 0 Å². The molecule has 1 aliphatic rings. The van der Waals surface area contributed by atoms with Crippen LogP contribution in [0.5, 0.6) is 0 Å². The standard InChI is InChI=1S/C12H19N3O/c1-14-5-6-15(8-12(14)9-16)11-4-2-3-10(13)7-11/h2-4,7,12,16H,5-6,8-9,13H2,1H3. The van der Waals surface area contributed by atoms with Crippen molar-refractivity contribution >= 4 is 11.4 Å². The van der Waals surface area contributed by atoms with Gasteiger partial charge in [0.2, 0.25) is 0 Å². The monoisotopic (exact) mass is 221 g/mol. The highest BCUT2D eigenvalue weighted by molar-refractivity contribution is 5.56. The van der Waals surface area contributed by atoms with Gasteiger partial charge in [-0.2, -0.15) is 0 Å². The topological polar surface area (TPSA) is 52.7 Å². The van der Waals surface area contributed by atoms with E-state index in [0.29, 0.717) is 0 Å². The Bertz CT molecular complexity index is 356. The maximum Gasteiger partial charge on any atom is 0.0604 e. The number of nitrogens with two attached hydrogens (primary N) is 1. The number of aliphatic hydroxyl groups excluding tert-OH is 1. The van der Waals surface area contributed by atoms with E-state index < -0.39 is 0 Å². The van der Waals surface area contributed by atoms with Crippen LogP contribution in [0.25, 0.3) is 0 Å². The number of hydrogen-bond acceptors (Lipinski definition) is 4. The molecule has 4 nitrogen and oxygen atoms in total. The van der Waals surface area contributed by atoms with Gasteiger partial charge in [0.15, 0.2) is 0 Å². The van der Waals surface area contributed by atoms with Crippen LogP contribution in [-0.4, -0.2) is 49.3 Å². The molecule has 1 unspecified atom stereocenters. The number of rotatable bonds is 2. The number of benzene rings is 1. The van der Waals surface area contributed by atoms with Gasteiger partial charge < -0.3 is 15.7 Å². The van der Waals surface area contributed by atoms with Crippen LogP contribution >= 0.6 is 0 Å². The highest BCUT2D eigenvalue weighted by Gasteiger charge is 2.23. The second-order valence-corrected chi connectivity index (χ2v) is 4.36. The average molecular weight is 221 g/mol. The third kappa shape index (κ3) is 2.28. The number of nitrogen functional groups attached to an aromatic ring is 1. The van der Waals surface area contributed by atoms with Crippen LogP contribution in [-0.2, 0) is 0 Å². The van der Waals surface area contributed by atoms with Gasteiger partial charge in [0, 0.05) is 31.0 Å². The molecule has 0 saturated carbocycles. The fourth-order valence-corrected chi connectivity index (χ4v) is 2.10. The lowest BCUT2D eigenvalue weighted by Crippen LogP contribution is -2.53. The quantitative estimate of drug-likeness (QED) is 0.709. The SMILES string of the molecule is CN1CCN(c2cccc(N)c2)CC1CO. The predicted molar refractivity (Wildman–Crippen MR) is 66.6 cm³/mol. The van der Waals surface area contributed by atoms with Crippen LogP contribution in [0.3, 0.4) is 0 Å². The van der Waals surface area contributed by atoms with Crippen molar-refractivity contribution in [1.82, 2.24) is 4.90 Å². The third-order valence-corrected chi connectivity index (χ3v) is 3.22. The molecule has 1 aromatic carbocycles. The molecular formula is C12H19N3O. The van der Waals surface area contributed by atoms with Crippen LogP contribution in [0.2, 0.25) is 0 Å². The Hall–Kier alpha value is -1.26. The minimum atomic E-state index is 0.204. The summed E-state index contributed by atoms with van der Waals surface area (Å²) in [7, 11) is 2.05.